The fourth-order valence-corrected chi connectivity index (χ4v) is 2.71. The van der Waals surface area contributed by atoms with Crippen LogP contribution in [-0.4, -0.2) is 19.8 Å². The van der Waals surface area contributed by atoms with Crippen molar-refractivity contribution in [3.8, 4) is 0 Å². The number of hydrogen-bond acceptors (Lipinski definition) is 3. The first-order valence-corrected chi connectivity index (χ1v) is 7.92. The first kappa shape index (κ1) is 14.7. The Hall–Kier alpha value is -1.72. The zero-order chi connectivity index (χ0) is 14.9. The summed E-state index contributed by atoms with van der Waals surface area (Å²) in [6.07, 6.45) is 0.0382. The van der Waals surface area contributed by atoms with Gasteiger partial charge in [-0.1, -0.05) is 18.2 Å². The minimum Gasteiger partial charge on any atom is -0.384 e. The standard InChI is InChI=1S/C15H15FO3S/c1-10-6-12(8-13(16)7-10)15(17)11-4-3-5-14(9-11)20(2,18)19/h3-9,15,17H,1-2H3. The molecule has 0 radical (unpaired) electrons. The Morgan fingerprint density at radius 1 is 1.10 bits per heavy atom. The van der Waals surface area contributed by atoms with E-state index in [1.54, 1.807) is 25.1 Å². The van der Waals surface area contributed by atoms with Crippen molar-refractivity contribution in [2.24, 2.45) is 0 Å². The average molecular weight is 294 g/mol. The molecule has 0 aliphatic heterocycles. The van der Waals surface area contributed by atoms with Crippen molar-refractivity contribution in [3.63, 3.8) is 0 Å². The SMILES string of the molecule is Cc1cc(F)cc(C(O)c2cccc(S(C)(=O)=O)c2)c1. The molecule has 0 fully saturated rings. The predicted molar refractivity (Wildman–Crippen MR) is 74.8 cm³/mol. The molecule has 3 nitrogen and oxygen atoms in total. The monoisotopic (exact) mass is 294 g/mol. The largest absolute Gasteiger partial charge is 0.384 e. The summed E-state index contributed by atoms with van der Waals surface area (Å²) in [7, 11) is -3.34. The lowest BCUT2D eigenvalue weighted by Gasteiger charge is -2.13. The third-order valence-electron chi connectivity index (χ3n) is 2.98. The highest BCUT2D eigenvalue weighted by atomic mass is 32.2. The predicted octanol–water partition coefficient (Wildman–Crippen LogP) is 2.62. The van der Waals surface area contributed by atoms with Gasteiger partial charge in [0.15, 0.2) is 9.84 Å². The van der Waals surface area contributed by atoms with E-state index in [4.69, 9.17) is 0 Å². The lowest BCUT2D eigenvalue weighted by molar-refractivity contribution is 0.219. The van der Waals surface area contributed by atoms with Gasteiger partial charge in [0.2, 0.25) is 0 Å². The normalized spacial score (nSPS) is 13.2. The maximum absolute atomic E-state index is 13.4. The van der Waals surface area contributed by atoms with Gasteiger partial charge in [-0.3, -0.25) is 0 Å². The van der Waals surface area contributed by atoms with Crippen LogP contribution < -0.4 is 0 Å². The number of halogens is 1. The molecule has 5 heteroatoms. The van der Waals surface area contributed by atoms with Gasteiger partial charge < -0.3 is 5.11 Å². The summed E-state index contributed by atoms with van der Waals surface area (Å²) in [5.41, 5.74) is 1.50. The molecule has 0 amide bonds. The number of benzene rings is 2. The average Bonchev–Trinajstić information content (AvgIpc) is 2.36. The number of aryl methyl sites for hydroxylation is 1. The van der Waals surface area contributed by atoms with Crippen LogP contribution in [0.15, 0.2) is 47.4 Å². The van der Waals surface area contributed by atoms with Crippen LogP contribution in [-0.2, 0) is 9.84 Å². The fourth-order valence-electron chi connectivity index (χ4n) is 2.03. The zero-order valence-electron chi connectivity index (χ0n) is 11.2. The van der Waals surface area contributed by atoms with Crippen LogP contribution in [0.5, 0.6) is 0 Å². The summed E-state index contributed by atoms with van der Waals surface area (Å²) in [4.78, 5) is 0.127. The molecule has 0 aromatic heterocycles. The molecule has 0 spiro atoms. The van der Waals surface area contributed by atoms with E-state index < -0.39 is 21.8 Å². The van der Waals surface area contributed by atoms with E-state index in [1.807, 2.05) is 0 Å². The van der Waals surface area contributed by atoms with Crippen LogP contribution in [0.4, 0.5) is 4.39 Å². The second-order valence-electron chi connectivity index (χ2n) is 4.81. The van der Waals surface area contributed by atoms with E-state index in [2.05, 4.69) is 0 Å². The van der Waals surface area contributed by atoms with Gasteiger partial charge in [-0.2, -0.15) is 0 Å². The number of aliphatic hydroxyl groups is 1. The van der Waals surface area contributed by atoms with Crippen molar-refractivity contribution in [1.29, 1.82) is 0 Å². The molecule has 1 N–H and O–H groups in total. The van der Waals surface area contributed by atoms with E-state index in [1.165, 1.54) is 24.3 Å². The molecule has 0 aliphatic rings. The molecular weight excluding hydrogens is 279 g/mol. The van der Waals surface area contributed by atoms with Gasteiger partial charge in [0.1, 0.15) is 11.9 Å². The smallest absolute Gasteiger partial charge is 0.175 e. The molecule has 0 heterocycles. The Morgan fingerprint density at radius 3 is 2.40 bits per heavy atom. The Balaban J connectivity index is 2.45. The summed E-state index contributed by atoms with van der Waals surface area (Å²) in [5.74, 6) is -0.432. The molecule has 0 saturated heterocycles. The molecule has 0 bridgehead atoms. The van der Waals surface area contributed by atoms with Gasteiger partial charge in [0.05, 0.1) is 4.90 Å². The van der Waals surface area contributed by atoms with Gasteiger partial charge >= 0.3 is 0 Å². The fraction of sp³-hybridized carbons (Fsp3) is 0.200. The van der Waals surface area contributed by atoms with Crippen LogP contribution in [0.2, 0.25) is 0 Å². The maximum atomic E-state index is 13.4. The van der Waals surface area contributed by atoms with Crippen molar-refractivity contribution in [1.82, 2.24) is 0 Å². The van der Waals surface area contributed by atoms with Crippen molar-refractivity contribution >= 4 is 9.84 Å². The number of rotatable bonds is 3. The van der Waals surface area contributed by atoms with Gasteiger partial charge in [-0.25, -0.2) is 12.8 Å². The summed E-state index contributed by atoms with van der Waals surface area (Å²) < 4.78 is 36.4. The van der Waals surface area contributed by atoms with Crippen LogP contribution in [0, 0.1) is 12.7 Å². The molecule has 2 aromatic rings. The first-order valence-electron chi connectivity index (χ1n) is 6.02. The summed E-state index contributed by atoms with van der Waals surface area (Å²) in [6.45, 7) is 1.73. The quantitative estimate of drug-likeness (QED) is 0.946. The second-order valence-corrected chi connectivity index (χ2v) is 6.82. The van der Waals surface area contributed by atoms with E-state index >= 15 is 0 Å². The minimum atomic E-state index is -3.34. The minimum absolute atomic E-state index is 0.127. The Morgan fingerprint density at radius 2 is 1.80 bits per heavy atom. The third kappa shape index (κ3) is 3.23. The second kappa shape index (κ2) is 5.34. The van der Waals surface area contributed by atoms with E-state index in [-0.39, 0.29) is 4.90 Å². The summed E-state index contributed by atoms with van der Waals surface area (Å²) >= 11 is 0. The molecule has 20 heavy (non-hydrogen) atoms. The number of sulfone groups is 1. The van der Waals surface area contributed by atoms with Gasteiger partial charge in [0.25, 0.3) is 0 Å². The Bertz CT molecular complexity index is 718. The molecule has 0 aliphatic carbocycles. The Labute approximate surface area is 117 Å². The molecular formula is C15H15FO3S. The Kier molecular flexibility index (Phi) is 3.92. The van der Waals surface area contributed by atoms with Crippen LogP contribution in [0.25, 0.3) is 0 Å². The van der Waals surface area contributed by atoms with Crippen molar-refractivity contribution in [3.05, 3.63) is 65.0 Å². The zero-order valence-corrected chi connectivity index (χ0v) is 12.0. The molecule has 2 rings (SSSR count). The van der Waals surface area contributed by atoms with Gasteiger partial charge in [-0.05, 0) is 47.9 Å². The van der Waals surface area contributed by atoms with Crippen LogP contribution in [0.1, 0.15) is 22.8 Å². The number of aliphatic hydroxyl groups excluding tert-OH is 1. The highest BCUT2D eigenvalue weighted by Gasteiger charge is 2.15. The van der Waals surface area contributed by atoms with E-state index in [0.29, 0.717) is 16.7 Å². The molecule has 1 unspecified atom stereocenters. The van der Waals surface area contributed by atoms with E-state index in [0.717, 1.165) is 6.26 Å². The maximum Gasteiger partial charge on any atom is 0.175 e. The topological polar surface area (TPSA) is 54.4 Å². The summed E-state index contributed by atoms with van der Waals surface area (Å²) in [5, 5.41) is 10.3. The molecule has 1 atom stereocenters. The molecule has 2 aromatic carbocycles. The number of hydrogen-bond donors (Lipinski definition) is 1. The highest BCUT2D eigenvalue weighted by Crippen LogP contribution is 2.25. The molecule has 0 saturated carbocycles. The first-order chi connectivity index (χ1) is 9.27. The van der Waals surface area contributed by atoms with Gasteiger partial charge in [0, 0.05) is 6.26 Å². The van der Waals surface area contributed by atoms with Crippen molar-refractivity contribution < 1.29 is 17.9 Å². The molecule has 106 valence electrons. The lowest BCUT2D eigenvalue weighted by Crippen LogP contribution is -2.03. The summed E-state index contributed by atoms with van der Waals surface area (Å²) in [6, 6.07) is 10.3. The highest BCUT2D eigenvalue weighted by molar-refractivity contribution is 7.90. The van der Waals surface area contributed by atoms with Crippen molar-refractivity contribution in [2.45, 2.75) is 17.9 Å². The third-order valence-corrected chi connectivity index (χ3v) is 4.09. The van der Waals surface area contributed by atoms with Crippen molar-refractivity contribution in [2.75, 3.05) is 6.26 Å². The van der Waals surface area contributed by atoms with E-state index in [9.17, 15) is 17.9 Å². The lowest BCUT2D eigenvalue weighted by atomic mass is 10.00. The van der Waals surface area contributed by atoms with Crippen LogP contribution in [0.3, 0.4) is 0 Å². The van der Waals surface area contributed by atoms with Crippen LogP contribution >= 0.6 is 0 Å². The van der Waals surface area contributed by atoms with Gasteiger partial charge in [-0.15, -0.1) is 0 Å².